The lowest BCUT2D eigenvalue weighted by atomic mass is 10.1. The van der Waals surface area contributed by atoms with Crippen LogP contribution in [-0.4, -0.2) is 38.6 Å². The van der Waals surface area contributed by atoms with Crippen LogP contribution < -0.4 is 5.32 Å². The topological polar surface area (TPSA) is 99.0 Å². The number of aromatic nitrogens is 4. The monoisotopic (exact) mass is 393 g/mol. The van der Waals surface area contributed by atoms with Crippen molar-refractivity contribution in [3.63, 3.8) is 0 Å². The van der Waals surface area contributed by atoms with Crippen LogP contribution >= 0.6 is 0 Å². The van der Waals surface area contributed by atoms with Gasteiger partial charge in [0.25, 0.3) is 11.7 Å². The highest BCUT2D eigenvalue weighted by Gasteiger charge is 2.17. The third kappa shape index (κ3) is 6.24. The first-order valence-corrected chi connectivity index (χ1v) is 9.42. The summed E-state index contributed by atoms with van der Waals surface area (Å²) in [6, 6.07) is 19.2. The highest BCUT2D eigenvalue weighted by atomic mass is 16.5. The van der Waals surface area contributed by atoms with Crippen LogP contribution in [0, 0.1) is 5.92 Å². The summed E-state index contributed by atoms with van der Waals surface area (Å²) >= 11 is 0. The Kier molecular flexibility index (Phi) is 7.05. The van der Waals surface area contributed by atoms with Gasteiger partial charge in [-0.05, 0) is 22.8 Å². The third-order valence-electron chi connectivity index (χ3n) is 4.31. The van der Waals surface area contributed by atoms with Crippen LogP contribution in [0.3, 0.4) is 0 Å². The lowest BCUT2D eigenvalue weighted by Gasteiger charge is -2.11. The second kappa shape index (κ2) is 10.1. The Bertz CT molecular complexity index is 928. The molecule has 29 heavy (non-hydrogen) atoms. The van der Waals surface area contributed by atoms with E-state index in [0.29, 0.717) is 19.5 Å². The van der Waals surface area contributed by atoms with Gasteiger partial charge in [-0.2, -0.15) is 4.80 Å². The molecule has 0 saturated heterocycles. The van der Waals surface area contributed by atoms with Gasteiger partial charge in [-0.15, -0.1) is 10.2 Å². The van der Waals surface area contributed by atoms with Crippen molar-refractivity contribution in [1.82, 2.24) is 25.5 Å². The van der Waals surface area contributed by atoms with Crippen molar-refractivity contribution in [2.75, 3.05) is 6.54 Å². The summed E-state index contributed by atoms with van der Waals surface area (Å²) in [6.07, 6.45) is 0.456. The summed E-state index contributed by atoms with van der Waals surface area (Å²) in [6.45, 7) is 2.76. The van der Waals surface area contributed by atoms with Crippen LogP contribution in [0.2, 0.25) is 0 Å². The summed E-state index contributed by atoms with van der Waals surface area (Å²) in [5.74, 6) is -1.05. The first-order valence-electron chi connectivity index (χ1n) is 9.42. The molecule has 8 heteroatoms. The molecular weight excluding hydrogens is 370 g/mol. The minimum absolute atomic E-state index is 0.000221. The largest absolute Gasteiger partial charge is 0.461 e. The minimum Gasteiger partial charge on any atom is -0.461 e. The lowest BCUT2D eigenvalue weighted by molar-refractivity contribution is -0.149. The number of carbonyl (C=O) groups is 2. The molecule has 0 aliphatic carbocycles. The molecule has 1 heterocycles. The number of hydrogen-bond donors (Lipinski definition) is 1. The maximum absolute atomic E-state index is 12.2. The van der Waals surface area contributed by atoms with Crippen molar-refractivity contribution in [1.29, 1.82) is 0 Å². The number of nitrogens with zero attached hydrogens (tertiary/aromatic N) is 4. The van der Waals surface area contributed by atoms with E-state index in [1.54, 1.807) is 6.92 Å². The average Bonchev–Trinajstić information content (AvgIpc) is 3.22. The molecule has 0 aliphatic heterocycles. The zero-order valence-corrected chi connectivity index (χ0v) is 16.2. The van der Waals surface area contributed by atoms with Crippen molar-refractivity contribution in [2.45, 2.75) is 26.5 Å². The van der Waals surface area contributed by atoms with Crippen LogP contribution in [0.4, 0.5) is 0 Å². The summed E-state index contributed by atoms with van der Waals surface area (Å²) < 4.78 is 5.30. The van der Waals surface area contributed by atoms with E-state index in [0.717, 1.165) is 11.1 Å². The number of esters is 1. The van der Waals surface area contributed by atoms with Gasteiger partial charge in [-0.25, -0.2) is 0 Å². The van der Waals surface area contributed by atoms with Crippen molar-refractivity contribution < 1.29 is 14.3 Å². The number of carbonyl (C=O) groups excluding carboxylic acids is 2. The number of ether oxygens (including phenoxy) is 1. The smallest absolute Gasteiger partial charge is 0.309 e. The second-order valence-corrected chi connectivity index (χ2v) is 6.67. The SMILES string of the molecule is C[C@H](CCNC(=O)c1nnn(Cc2ccccc2)n1)C(=O)OCc1ccccc1. The number of rotatable bonds is 9. The minimum atomic E-state index is -0.422. The maximum atomic E-state index is 12.2. The zero-order valence-electron chi connectivity index (χ0n) is 16.2. The van der Waals surface area contributed by atoms with Crippen LogP contribution in [0.5, 0.6) is 0 Å². The summed E-state index contributed by atoms with van der Waals surface area (Å²) in [7, 11) is 0. The first-order chi connectivity index (χ1) is 14.1. The van der Waals surface area contributed by atoms with E-state index in [-0.39, 0.29) is 24.3 Å². The second-order valence-electron chi connectivity index (χ2n) is 6.67. The molecule has 0 radical (unpaired) electrons. The molecule has 0 bridgehead atoms. The van der Waals surface area contributed by atoms with Gasteiger partial charge in [-0.3, -0.25) is 9.59 Å². The highest BCUT2D eigenvalue weighted by molar-refractivity contribution is 5.90. The predicted molar refractivity (Wildman–Crippen MR) is 106 cm³/mol. The van der Waals surface area contributed by atoms with E-state index >= 15 is 0 Å². The van der Waals surface area contributed by atoms with Crippen molar-refractivity contribution in [2.24, 2.45) is 5.92 Å². The van der Waals surface area contributed by atoms with Gasteiger partial charge in [-0.1, -0.05) is 67.6 Å². The number of nitrogens with one attached hydrogen (secondary N) is 1. The van der Waals surface area contributed by atoms with E-state index in [1.165, 1.54) is 4.80 Å². The third-order valence-corrected chi connectivity index (χ3v) is 4.31. The molecule has 1 aromatic heterocycles. The van der Waals surface area contributed by atoms with Gasteiger partial charge in [0.05, 0.1) is 12.5 Å². The van der Waals surface area contributed by atoms with Gasteiger partial charge in [0.1, 0.15) is 6.61 Å². The van der Waals surface area contributed by atoms with Crippen LogP contribution in [0.25, 0.3) is 0 Å². The summed E-state index contributed by atoms with van der Waals surface area (Å²) in [5.41, 5.74) is 1.95. The average molecular weight is 393 g/mol. The molecule has 3 aromatic rings. The number of amides is 1. The normalized spacial score (nSPS) is 11.6. The van der Waals surface area contributed by atoms with E-state index in [4.69, 9.17) is 4.74 Å². The van der Waals surface area contributed by atoms with E-state index < -0.39 is 5.91 Å². The number of hydrogen-bond acceptors (Lipinski definition) is 6. The van der Waals surface area contributed by atoms with E-state index in [9.17, 15) is 9.59 Å². The Balaban J connectivity index is 1.39. The molecular formula is C21H23N5O3. The van der Waals surface area contributed by atoms with Gasteiger partial charge in [0.15, 0.2) is 0 Å². The quantitative estimate of drug-likeness (QED) is 0.560. The Morgan fingerprint density at radius 3 is 2.38 bits per heavy atom. The molecule has 0 saturated carbocycles. The Morgan fingerprint density at radius 1 is 1.03 bits per heavy atom. The molecule has 0 unspecified atom stereocenters. The van der Waals surface area contributed by atoms with Gasteiger partial charge in [0, 0.05) is 6.54 Å². The number of tetrazole rings is 1. The van der Waals surface area contributed by atoms with Gasteiger partial charge < -0.3 is 10.1 Å². The summed E-state index contributed by atoms with van der Waals surface area (Å²) in [5, 5.41) is 14.5. The fraction of sp³-hybridized carbons (Fsp3) is 0.286. The van der Waals surface area contributed by atoms with Crippen molar-refractivity contribution >= 4 is 11.9 Å². The molecule has 0 aliphatic rings. The Hall–Kier alpha value is -3.55. The number of benzene rings is 2. The fourth-order valence-electron chi connectivity index (χ4n) is 2.62. The van der Waals surface area contributed by atoms with Gasteiger partial charge in [0.2, 0.25) is 0 Å². The Morgan fingerprint density at radius 2 is 1.69 bits per heavy atom. The predicted octanol–water partition coefficient (Wildman–Crippen LogP) is 2.22. The molecule has 1 N–H and O–H groups in total. The van der Waals surface area contributed by atoms with Crippen molar-refractivity contribution in [3.8, 4) is 0 Å². The molecule has 2 aromatic carbocycles. The molecule has 8 nitrogen and oxygen atoms in total. The zero-order chi connectivity index (χ0) is 20.5. The van der Waals surface area contributed by atoms with E-state index in [2.05, 4.69) is 20.7 Å². The molecule has 1 atom stereocenters. The first kappa shape index (κ1) is 20.2. The molecule has 3 rings (SSSR count). The fourth-order valence-corrected chi connectivity index (χ4v) is 2.62. The maximum Gasteiger partial charge on any atom is 0.309 e. The lowest BCUT2D eigenvalue weighted by Crippen LogP contribution is -2.28. The van der Waals surface area contributed by atoms with Crippen LogP contribution in [0.15, 0.2) is 60.7 Å². The summed E-state index contributed by atoms with van der Waals surface area (Å²) in [4.78, 5) is 25.6. The molecule has 1 amide bonds. The van der Waals surface area contributed by atoms with Crippen LogP contribution in [-0.2, 0) is 22.7 Å². The standard InChI is InChI=1S/C21H23N5O3/c1-16(21(28)29-15-18-10-6-3-7-11-18)12-13-22-20(27)19-23-25-26(24-19)14-17-8-4-2-5-9-17/h2-11,16H,12-15H2,1H3,(H,22,27)/t16-/m1/s1. The van der Waals surface area contributed by atoms with E-state index in [1.807, 2.05) is 60.7 Å². The van der Waals surface area contributed by atoms with Gasteiger partial charge >= 0.3 is 5.97 Å². The molecule has 150 valence electrons. The van der Waals surface area contributed by atoms with Crippen LogP contribution in [0.1, 0.15) is 35.1 Å². The molecule has 0 fully saturated rings. The van der Waals surface area contributed by atoms with Crippen molar-refractivity contribution in [3.05, 3.63) is 77.6 Å². The Labute approximate surface area is 168 Å². The highest BCUT2D eigenvalue weighted by Crippen LogP contribution is 2.07. The molecule has 0 spiro atoms.